The molecule has 3 amide bonds. The summed E-state index contributed by atoms with van der Waals surface area (Å²) >= 11 is 0. The molecule has 11 nitrogen and oxygen atoms in total. The highest BCUT2D eigenvalue weighted by Gasteiger charge is 2.31. The fourth-order valence-electron chi connectivity index (χ4n) is 5.16. The van der Waals surface area contributed by atoms with Gasteiger partial charge in [-0.2, -0.15) is 0 Å². The monoisotopic (exact) mass is 633 g/mol. The molecular formula is C35H47N5O6. The van der Waals surface area contributed by atoms with E-state index >= 15 is 0 Å². The fraction of sp³-hybridized carbons (Fsp3) is 0.457. The first kappa shape index (κ1) is 36.0. The number of aliphatic hydroxyl groups is 1. The fourth-order valence-corrected chi connectivity index (χ4v) is 5.16. The molecular weight excluding hydrogens is 586 g/mol. The summed E-state index contributed by atoms with van der Waals surface area (Å²) in [6, 6.07) is 16.4. The van der Waals surface area contributed by atoms with E-state index in [-0.39, 0.29) is 44.1 Å². The molecule has 0 bridgehead atoms. The Morgan fingerprint density at radius 2 is 1.50 bits per heavy atom. The van der Waals surface area contributed by atoms with E-state index in [9.17, 15) is 24.3 Å². The van der Waals surface area contributed by atoms with Crippen molar-refractivity contribution in [1.29, 1.82) is 0 Å². The van der Waals surface area contributed by atoms with Crippen molar-refractivity contribution in [1.82, 2.24) is 25.9 Å². The zero-order chi connectivity index (χ0) is 33.3. The van der Waals surface area contributed by atoms with Crippen LogP contribution in [0.15, 0.2) is 73.2 Å². The van der Waals surface area contributed by atoms with Gasteiger partial charge in [0.1, 0.15) is 12.1 Å². The second-order valence-corrected chi connectivity index (χ2v) is 11.8. The van der Waals surface area contributed by atoms with Gasteiger partial charge in [-0.05, 0) is 43.2 Å². The molecule has 0 radical (unpaired) electrons. The molecule has 0 spiro atoms. The van der Waals surface area contributed by atoms with Crippen LogP contribution in [0, 0.1) is 5.92 Å². The molecule has 3 aromatic rings. The number of aryl methyl sites for hydroxylation is 1. The van der Waals surface area contributed by atoms with E-state index in [2.05, 4.69) is 25.9 Å². The number of nitrogens with one attached hydrogen (secondary N) is 4. The Morgan fingerprint density at radius 3 is 2.11 bits per heavy atom. The van der Waals surface area contributed by atoms with Crippen molar-refractivity contribution < 1.29 is 29.0 Å². The third kappa shape index (κ3) is 12.8. The highest BCUT2D eigenvalue weighted by atomic mass is 16.5. The third-order valence-electron chi connectivity index (χ3n) is 7.46. The largest absolute Gasteiger partial charge is 0.466 e. The highest BCUT2D eigenvalue weighted by molar-refractivity contribution is 5.92. The van der Waals surface area contributed by atoms with Gasteiger partial charge in [0.25, 0.3) is 0 Å². The number of hydrogen-bond donors (Lipinski definition) is 5. The third-order valence-corrected chi connectivity index (χ3v) is 7.46. The summed E-state index contributed by atoms with van der Waals surface area (Å²) in [5.41, 5.74) is 2.59. The normalized spacial score (nSPS) is 13.7. The molecule has 5 N–H and O–H groups in total. The van der Waals surface area contributed by atoms with Gasteiger partial charge >= 0.3 is 5.97 Å². The van der Waals surface area contributed by atoms with Gasteiger partial charge in [-0.15, -0.1) is 0 Å². The Labute approximate surface area is 270 Å². The molecule has 0 saturated carbocycles. The lowest BCUT2D eigenvalue weighted by atomic mass is 9.96. The minimum absolute atomic E-state index is 0.0863. The number of hydrogen-bond acceptors (Lipinski definition) is 7. The SMILES string of the molecule is CCOC(=O)CC(O)C(CC(C)C)NC(=O)[C@H](Cc1cnc[nH]1)NC(=O)[C@H](Cc1ccccc1)NC(=O)CCCc1ccccc1. The molecule has 2 aromatic carbocycles. The van der Waals surface area contributed by atoms with Gasteiger partial charge in [-0.25, -0.2) is 4.98 Å². The standard InChI is InChI=1S/C35H47N5O6/c1-4-46-33(43)21-31(41)28(18-24(2)3)39-35(45)30(20-27-22-36-23-37-27)40-34(44)29(19-26-14-9-6-10-15-26)38-32(42)17-11-16-25-12-7-5-8-13-25/h5-10,12-15,22-24,28-31,41H,4,11,16-21H2,1-3H3,(H,36,37)(H,38,42)(H,39,45)(H,40,44)/t28?,29-,30-,31?/m0/s1. The summed E-state index contributed by atoms with van der Waals surface area (Å²) in [4.78, 5) is 59.6. The predicted octanol–water partition coefficient (Wildman–Crippen LogP) is 3.03. The van der Waals surface area contributed by atoms with Gasteiger partial charge in [0.2, 0.25) is 17.7 Å². The minimum atomic E-state index is -1.19. The average molecular weight is 634 g/mol. The zero-order valence-corrected chi connectivity index (χ0v) is 26.9. The lowest BCUT2D eigenvalue weighted by Crippen LogP contribution is -2.57. The zero-order valence-electron chi connectivity index (χ0n) is 26.9. The van der Waals surface area contributed by atoms with Crippen LogP contribution in [0.4, 0.5) is 0 Å². The second-order valence-electron chi connectivity index (χ2n) is 11.8. The number of esters is 1. The van der Waals surface area contributed by atoms with Gasteiger partial charge in [0, 0.05) is 31.2 Å². The van der Waals surface area contributed by atoms with E-state index < -0.39 is 42.0 Å². The molecule has 11 heteroatoms. The molecule has 2 unspecified atom stereocenters. The van der Waals surface area contributed by atoms with Gasteiger partial charge < -0.3 is 30.8 Å². The number of aromatic nitrogens is 2. The number of H-pyrrole nitrogens is 1. The maximum Gasteiger partial charge on any atom is 0.308 e. The topological polar surface area (TPSA) is 163 Å². The van der Waals surface area contributed by atoms with E-state index in [1.54, 1.807) is 13.1 Å². The molecule has 0 aliphatic heterocycles. The van der Waals surface area contributed by atoms with Crippen LogP contribution in [-0.2, 0) is 43.2 Å². The van der Waals surface area contributed by atoms with Crippen LogP contribution in [0.25, 0.3) is 0 Å². The van der Waals surface area contributed by atoms with Crippen molar-refractivity contribution in [2.45, 2.75) is 89.9 Å². The van der Waals surface area contributed by atoms with Crippen LogP contribution in [0.1, 0.15) is 63.3 Å². The Balaban J connectivity index is 1.75. The Hall–Kier alpha value is -4.51. The summed E-state index contributed by atoms with van der Waals surface area (Å²) in [5.74, 6) is -1.80. The molecule has 46 heavy (non-hydrogen) atoms. The number of benzene rings is 2. The van der Waals surface area contributed by atoms with Crippen molar-refractivity contribution in [3.63, 3.8) is 0 Å². The van der Waals surface area contributed by atoms with Crippen molar-refractivity contribution in [2.75, 3.05) is 6.61 Å². The number of imidazole rings is 1. The van der Waals surface area contributed by atoms with Crippen LogP contribution in [0.3, 0.4) is 0 Å². The first-order valence-electron chi connectivity index (χ1n) is 15.9. The molecule has 0 saturated heterocycles. The molecule has 1 aromatic heterocycles. The quantitative estimate of drug-likeness (QED) is 0.127. The van der Waals surface area contributed by atoms with Gasteiger partial charge in [0.15, 0.2) is 0 Å². The van der Waals surface area contributed by atoms with Crippen molar-refractivity contribution in [2.24, 2.45) is 5.92 Å². The van der Waals surface area contributed by atoms with Gasteiger partial charge in [-0.3, -0.25) is 19.2 Å². The molecule has 0 aliphatic rings. The molecule has 0 aliphatic carbocycles. The van der Waals surface area contributed by atoms with Crippen LogP contribution in [-0.4, -0.2) is 69.6 Å². The second kappa shape index (κ2) is 19.1. The number of aromatic amines is 1. The summed E-state index contributed by atoms with van der Waals surface area (Å²) in [7, 11) is 0. The van der Waals surface area contributed by atoms with Crippen LogP contribution < -0.4 is 16.0 Å². The number of rotatable bonds is 19. The maximum atomic E-state index is 13.8. The van der Waals surface area contributed by atoms with E-state index in [0.717, 1.165) is 17.5 Å². The summed E-state index contributed by atoms with van der Waals surface area (Å²) in [5, 5.41) is 19.4. The molecule has 0 fully saturated rings. The number of amides is 3. The number of carbonyl (C=O) groups is 4. The maximum absolute atomic E-state index is 13.8. The molecule has 4 atom stereocenters. The number of nitrogens with zero attached hydrogens (tertiary/aromatic N) is 1. The lowest BCUT2D eigenvalue weighted by molar-refractivity contribution is -0.146. The van der Waals surface area contributed by atoms with Crippen LogP contribution in [0.2, 0.25) is 0 Å². The first-order valence-corrected chi connectivity index (χ1v) is 15.9. The smallest absolute Gasteiger partial charge is 0.308 e. The number of carbonyl (C=O) groups excluding carboxylic acids is 4. The molecule has 248 valence electrons. The van der Waals surface area contributed by atoms with Gasteiger partial charge in [0.05, 0.1) is 31.5 Å². The number of ether oxygens (including phenoxy) is 1. The van der Waals surface area contributed by atoms with Gasteiger partial charge in [-0.1, -0.05) is 74.5 Å². The summed E-state index contributed by atoms with van der Waals surface area (Å²) in [6.45, 7) is 5.74. The average Bonchev–Trinajstić information content (AvgIpc) is 3.54. The van der Waals surface area contributed by atoms with Crippen molar-refractivity contribution in [3.8, 4) is 0 Å². The highest BCUT2D eigenvalue weighted by Crippen LogP contribution is 2.13. The van der Waals surface area contributed by atoms with E-state index in [1.165, 1.54) is 6.33 Å². The predicted molar refractivity (Wildman–Crippen MR) is 174 cm³/mol. The molecule has 3 rings (SSSR count). The summed E-state index contributed by atoms with van der Waals surface area (Å²) in [6.07, 6.45) is 3.86. The Morgan fingerprint density at radius 1 is 0.870 bits per heavy atom. The molecule has 1 heterocycles. The van der Waals surface area contributed by atoms with Crippen molar-refractivity contribution in [3.05, 3.63) is 90.0 Å². The number of aliphatic hydroxyl groups excluding tert-OH is 1. The van der Waals surface area contributed by atoms with E-state index in [0.29, 0.717) is 18.5 Å². The Bertz CT molecular complexity index is 1350. The van der Waals surface area contributed by atoms with Crippen molar-refractivity contribution >= 4 is 23.7 Å². The van der Waals surface area contributed by atoms with E-state index in [1.807, 2.05) is 74.5 Å². The first-order chi connectivity index (χ1) is 22.1. The Kier molecular flexibility index (Phi) is 14.9. The van der Waals surface area contributed by atoms with Crippen LogP contribution >= 0.6 is 0 Å². The van der Waals surface area contributed by atoms with E-state index in [4.69, 9.17) is 4.74 Å². The minimum Gasteiger partial charge on any atom is -0.466 e. The lowest BCUT2D eigenvalue weighted by Gasteiger charge is -2.28. The van der Waals surface area contributed by atoms with Crippen LogP contribution in [0.5, 0.6) is 0 Å². The summed E-state index contributed by atoms with van der Waals surface area (Å²) < 4.78 is 4.98.